The first-order valence-electron chi connectivity index (χ1n) is 9.49. The molecule has 0 saturated carbocycles. The summed E-state index contributed by atoms with van der Waals surface area (Å²) >= 11 is 0. The van der Waals surface area contributed by atoms with Crippen LogP contribution in [0.5, 0.6) is 11.5 Å². The number of benzene rings is 3. The average molecular weight is 480 g/mol. The minimum absolute atomic E-state index is 0.0642. The molecule has 0 aliphatic carbocycles. The van der Waals surface area contributed by atoms with E-state index in [0.717, 1.165) is 24.3 Å². The van der Waals surface area contributed by atoms with Gasteiger partial charge in [0.15, 0.2) is 10.9 Å². The van der Waals surface area contributed by atoms with Crippen LogP contribution in [0.15, 0.2) is 58.1 Å². The van der Waals surface area contributed by atoms with E-state index in [4.69, 9.17) is 0 Å². The number of ether oxygens (including phenoxy) is 2. The molecule has 0 spiro atoms. The molecule has 0 aliphatic heterocycles. The molecule has 0 bridgehead atoms. The molecule has 2 N–H and O–H groups in total. The van der Waals surface area contributed by atoms with Crippen molar-refractivity contribution in [3.05, 3.63) is 69.0 Å². The van der Waals surface area contributed by atoms with E-state index in [1.54, 1.807) is 0 Å². The van der Waals surface area contributed by atoms with Crippen LogP contribution in [0.3, 0.4) is 0 Å². The molecule has 12 heteroatoms. The van der Waals surface area contributed by atoms with Gasteiger partial charge in [-0.1, -0.05) is 0 Å². The molecule has 34 heavy (non-hydrogen) atoms. The Kier molecular flexibility index (Phi) is 4.54. The van der Waals surface area contributed by atoms with Crippen LogP contribution < -0.4 is 20.3 Å². The molecular formula is C22H10F6N2O4. The molecule has 174 valence electrons. The van der Waals surface area contributed by atoms with Crippen molar-refractivity contribution >= 4 is 43.6 Å². The SMILES string of the molecule is O=c1c2cc(OC(F)(F)F)ccc2[nH]c2cc3c(=O)c4cc(OC(F)(F)F)ccc4[nH]c3cc12. The Morgan fingerprint density at radius 2 is 0.882 bits per heavy atom. The second-order valence-electron chi connectivity index (χ2n) is 7.36. The minimum Gasteiger partial charge on any atom is -0.406 e. The van der Waals surface area contributed by atoms with Gasteiger partial charge in [-0.15, -0.1) is 26.3 Å². The summed E-state index contributed by atoms with van der Waals surface area (Å²) in [5, 5.41) is 0.0312. The quantitative estimate of drug-likeness (QED) is 0.259. The lowest BCUT2D eigenvalue weighted by molar-refractivity contribution is -0.275. The van der Waals surface area contributed by atoms with Crippen molar-refractivity contribution in [2.45, 2.75) is 12.7 Å². The number of H-pyrrole nitrogens is 2. The summed E-state index contributed by atoms with van der Waals surface area (Å²) in [5.41, 5.74) is -0.390. The summed E-state index contributed by atoms with van der Waals surface area (Å²) in [6.45, 7) is 0. The zero-order valence-electron chi connectivity index (χ0n) is 16.5. The summed E-state index contributed by atoms with van der Waals surface area (Å²) in [6, 6.07) is 9.12. The summed E-state index contributed by atoms with van der Waals surface area (Å²) in [5.74, 6) is -1.14. The fraction of sp³-hybridized carbons (Fsp3) is 0.0909. The van der Waals surface area contributed by atoms with Gasteiger partial charge in [-0.3, -0.25) is 9.59 Å². The largest absolute Gasteiger partial charge is 0.573 e. The van der Waals surface area contributed by atoms with Crippen LogP contribution >= 0.6 is 0 Å². The van der Waals surface area contributed by atoms with E-state index < -0.39 is 35.1 Å². The van der Waals surface area contributed by atoms with Crippen molar-refractivity contribution in [2.24, 2.45) is 0 Å². The molecule has 0 saturated heterocycles. The maximum atomic E-state index is 13.0. The van der Waals surface area contributed by atoms with Crippen molar-refractivity contribution in [1.82, 2.24) is 9.97 Å². The number of pyridine rings is 2. The van der Waals surface area contributed by atoms with E-state index in [1.807, 2.05) is 0 Å². The average Bonchev–Trinajstić information content (AvgIpc) is 2.72. The third kappa shape index (κ3) is 3.87. The number of hydrogen-bond acceptors (Lipinski definition) is 4. The van der Waals surface area contributed by atoms with E-state index in [2.05, 4.69) is 19.4 Å². The van der Waals surface area contributed by atoms with Gasteiger partial charge in [-0.05, 0) is 48.5 Å². The number of aromatic nitrogens is 2. The van der Waals surface area contributed by atoms with Gasteiger partial charge in [0.2, 0.25) is 0 Å². The molecule has 0 radical (unpaired) electrons. The Hall–Kier alpha value is -4.22. The number of hydrogen-bond donors (Lipinski definition) is 2. The molecule has 6 nitrogen and oxygen atoms in total. The van der Waals surface area contributed by atoms with Gasteiger partial charge in [0, 0.05) is 21.5 Å². The van der Waals surface area contributed by atoms with Crippen molar-refractivity contribution in [1.29, 1.82) is 0 Å². The van der Waals surface area contributed by atoms with Gasteiger partial charge in [0.05, 0.1) is 22.1 Å². The van der Waals surface area contributed by atoms with Crippen LogP contribution in [0.1, 0.15) is 0 Å². The Morgan fingerprint density at radius 3 is 1.24 bits per heavy atom. The molecule has 0 fully saturated rings. The van der Waals surface area contributed by atoms with Crippen molar-refractivity contribution in [3.63, 3.8) is 0 Å². The highest BCUT2D eigenvalue weighted by atomic mass is 19.4. The molecule has 0 atom stereocenters. The molecule has 0 unspecified atom stereocenters. The van der Waals surface area contributed by atoms with Crippen LogP contribution in [-0.2, 0) is 0 Å². The second-order valence-corrected chi connectivity index (χ2v) is 7.36. The van der Waals surface area contributed by atoms with E-state index in [-0.39, 0.29) is 43.6 Å². The molecule has 2 aromatic heterocycles. The summed E-state index contributed by atoms with van der Waals surface area (Å²) in [4.78, 5) is 31.8. The number of halogens is 6. The number of aromatic amines is 2. The van der Waals surface area contributed by atoms with Crippen molar-refractivity contribution in [2.75, 3.05) is 0 Å². The van der Waals surface area contributed by atoms with Gasteiger partial charge >= 0.3 is 12.7 Å². The first-order valence-corrected chi connectivity index (χ1v) is 9.49. The molecule has 5 aromatic rings. The first kappa shape index (κ1) is 21.6. The van der Waals surface area contributed by atoms with Crippen LogP contribution in [0.25, 0.3) is 43.6 Å². The van der Waals surface area contributed by atoms with Gasteiger partial charge in [0.1, 0.15) is 11.5 Å². The fourth-order valence-electron chi connectivity index (χ4n) is 3.80. The Labute approximate surface area is 183 Å². The number of alkyl halides is 6. The lowest BCUT2D eigenvalue weighted by atomic mass is 10.1. The standard InChI is InChI=1S/C22H10F6N2O4/c23-21(24,25)33-9-1-3-15-11(5-9)19(31)13-8-18-14(7-17(13)29-15)20(32)12-6-10(34-22(26,27)28)2-4-16(12)30-18/h1-8H,(H,29,31)(H,30,32). The zero-order chi connectivity index (χ0) is 24.4. The Balaban J connectivity index is 1.74. The maximum Gasteiger partial charge on any atom is 0.573 e. The van der Waals surface area contributed by atoms with Gasteiger partial charge in [-0.25, -0.2) is 0 Å². The van der Waals surface area contributed by atoms with E-state index in [0.29, 0.717) is 0 Å². The summed E-state index contributed by atoms with van der Waals surface area (Å²) in [6.07, 6.45) is -9.86. The third-order valence-electron chi connectivity index (χ3n) is 5.12. The highest BCUT2D eigenvalue weighted by molar-refractivity contribution is 6.03. The van der Waals surface area contributed by atoms with E-state index in [1.165, 1.54) is 24.3 Å². The van der Waals surface area contributed by atoms with E-state index >= 15 is 0 Å². The number of fused-ring (bicyclic) bond motifs is 4. The van der Waals surface area contributed by atoms with Crippen LogP contribution in [-0.4, -0.2) is 22.7 Å². The van der Waals surface area contributed by atoms with Crippen molar-refractivity contribution < 1.29 is 35.8 Å². The summed E-state index contributed by atoms with van der Waals surface area (Å²) < 4.78 is 83.0. The minimum atomic E-state index is -4.93. The van der Waals surface area contributed by atoms with Gasteiger partial charge in [0.25, 0.3) is 0 Å². The molecule has 0 aliphatic rings. The predicted octanol–water partition coefficient (Wildman–Crippen LogP) is 5.47. The second kappa shape index (κ2) is 7.14. The van der Waals surface area contributed by atoms with E-state index in [9.17, 15) is 35.9 Å². The molecule has 5 rings (SSSR count). The normalized spacial score (nSPS) is 12.6. The van der Waals surface area contributed by atoms with Crippen LogP contribution in [0.4, 0.5) is 26.3 Å². The first-order chi connectivity index (χ1) is 15.9. The Morgan fingerprint density at radius 1 is 0.529 bits per heavy atom. The molecular weight excluding hydrogens is 470 g/mol. The maximum absolute atomic E-state index is 13.0. The monoisotopic (exact) mass is 480 g/mol. The lowest BCUT2D eigenvalue weighted by Crippen LogP contribution is -2.17. The van der Waals surface area contributed by atoms with Gasteiger partial charge < -0.3 is 19.4 Å². The smallest absolute Gasteiger partial charge is 0.406 e. The highest BCUT2D eigenvalue weighted by Crippen LogP contribution is 2.28. The van der Waals surface area contributed by atoms with Gasteiger partial charge in [-0.2, -0.15) is 0 Å². The van der Waals surface area contributed by atoms with Crippen molar-refractivity contribution in [3.8, 4) is 11.5 Å². The molecule has 0 amide bonds. The van der Waals surface area contributed by atoms with Crippen LogP contribution in [0.2, 0.25) is 0 Å². The number of rotatable bonds is 2. The summed E-state index contributed by atoms with van der Waals surface area (Å²) in [7, 11) is 0. The lowest BCUT2D eigenvalue weighted by Gasteiger charge is -2.11. The Bertz CT molecular complexity index is 1610. The van der Waals surface area contributed by atoms with Crippen LogP contribution in [0, 0.1) is 0 Å². The zero-order valence-corrected chi connectivity index (χ0v) is 16.5. The molecule has 2 heterocycles. The predicted molar refractivity (Wildman–Crippen MR) is 111 cm³/mol. The number of nitrogens with one attached hydrogen (secondary N) is 2. The third-order valence-corrected chi connectivity index (χ3v) is 5.12. The highest BCUT2D eigenvalue weighted by Gasteiger charge is 2.32. The topological polar surface area (TPSA) is 84.2 Å². The fourth-order valence-corrected chi connectivity index (χ4v) is 3.80. The molecule has 3 aromatic carbocycles.